The lowest BCUT2D eigenvalue weighted by Gasteiger charge is -2.10. The lowest BCUT2D eigenvalue weighted by atomic mass is 10.2. The molecule has 0 unspecified atom stereocenters. The van der Waals surface area contributed by atoms with Crippen LogP contribution in [0.2, 0.25) is 10.0 Å². The molecule has 0 saturated heterocycles. The molecule has 3 N–H and O–H groups in total. The van der Waals surface area contributed by atoms with E-state index in [2.05, 4.69) is 22.9 Å². The largest absolute Gasteiger partial charge is 0.375 e. The van der Waals surface area contributed by atoms with Crippen molar-refractivity contribution in [2.24, 2.45) is 0 Å². The number of rotatable bonds is 8. The summed E-state index contributed by atoms with van der Waals surface area (Å²) in [6.45, 7) is 2.78. The smallest absolute Gasteiger partial charge is 0.251 e. The van der Waals surface area contributed by atoms with Crippen molar-refractivity contribution in [3.8, 4) is 0 Å². The molecule has 0 spiro atoms. The fourth-order valence-electron chi connectivity index (χ4n) is 2.20. The van der Waals surface area contributed by atoms with E-state index in [4.69, 9.17) is 23.2 Å². The fourth-order valence-corrected chi connectivity index (χ4v) is 2.67. The highest BCUT2D eigenvalue weighted by molar-refractivity contribution is 6.36. The average Bonchev–Trinajstić information content (AvgIpc) is 2.61. The van der Waals surface area contributed by atoms with Crippen LogP contribution in [0.3, 0.4) is 0 Å². The normalized spacial score (nSPS) is 10.3. The van der Waals surface area contributed by atoms with Gasteiger partial charge in [0.05, 0.1) is 17.3 Å². The Morgan fingerprint density at radius 2 is 1.77 bits per heavy atom. The highest BCUT2D eigenvalue weighted by Crippen LogP contribution is 2.25. The van der Waals surface area contributed by atoms with Crippen molar-refractivity contribution >= 4 is 46.4 Å². The van der Waals surface area contributed by atoms with Crippen molar-refractivity contribution in [1.29, 1.82) is 0 Å². The number of hydrogen-bond donors (Lipinski definition) is 3. The molecule has 0 aromatic heterocycles. The Bertz CT molecular complexity index is 764. The first-order chi connectivity index (χ1) is 12.5. The van der Waals surface area contributed by atoms with E-state index >= 15 is 0 Å². The first kappa shape index (κ1) is 20.1. The molecule has 2 aromatic carbocycles. The van der Waals surface area contributed by atoms with Crippen LogP contribution in [0.4, 0.5) is 11.4 Å². The maximum Gasteiger partial charge on any atom is 0.251 e. The Kier molecular flexibility index (Phi) is 7.75. The van der Waals surface area contributed by atoms with Gasteiger partial charge < -0.3 is 16.0 Å². The molecular formula is C19H21Cl2N3O2. The van der Waals surface area contributed by atoms with Crippen molar-refractivity contribution in [3.05, 3.63) is 58.1 Å². The van der Waals surface area contributed by atoms with Crippen LogP contribution in [0, 0.1) is 0 Å². The van der Waals surface area contributed by atoms with Crippen molar-refractivity contribution in [2.75, 3.05) is 23.7 Å². The lowest BCUT2D eigenvalue weighted by molar-refractivity contribution is -0.114. The molecule has 5 nitrogen and oxygen atoms in total. The molecule has 0 aliphatic heterocycles. The SMILES string of the molecule is CCCCNC(=O)c1ccc(NC(=O)CNc2ccc(Cl)cc2Cl)cc1. The maximum absolute atomic E-state index is 12.0. The van der Waals surface area contributed by atoms with Gasteiger partial charge in [-0.2, -0.15) is 0 Å². The minimum absolute atomic E-state index is 0.0562. The van der Waals surface area contributed by atoms with Gasteiger partial charge in [0.15, 0.2) is 0 Å². The van der Waals surface area contributed by atoms with Crippen LogP contribution < -0.4 is 16.0 Å². The molecule has 2 amide bonds. The Hall–Kier alpha value is -2.24. The molecule has 0 heterocycles. The average molecular weight is 394 g/mol. The third kappa shape index (κ3) is 6.24. The van der Waals surface area contributed by atoms with E-state index in [1.807, 2.05) is 0 Å². The van der Waals surface area contributed by atoms with Crippen molar-refractivity contribution in [3.63, 3.8) is 0 Å². The molecule has 0 radical (unpaired) electrons. The first-order valence-electron chi connectivity index (χ1n) is 8.36. The van der Waals surface area contributed by atoms with Crippen LogP contribution in [0.1, 0.15) is 30.1 Å². The topological polar surface area (TPSA) is 70.2 Å². The molecule has 2 rings (SSSR count). The molecule has 0 fully saturated rings. The molecule has 0 aliphatic carbocycles. The number of halogens is 2. The second kappa shape index (κ2) is 10.0. The number of anilines is 2. The summed E-state index contributed by atoms with van der Waals surface area (Å²) in [5.74, 6) is -0.341. The Labute approximate surface area is 163 Å². The fraction of sp³-hybridized carbons (Fsp3) is 0.263. The Morgan fingerprint density at radius 3 is 2.42 bits per heavy atom. The van der Waals surface area contributed by atoms with E-state index in [9.17, 15) is 9.59 Å². The van der Waals surface area contributed by atoms with Crippen molar-refractivity contribution in [1.82, 2.24) is 5.32 Å². The second-order valence-electron chi connectivity index (χ2n) is 5.71. The quantitative estimate of drug-likeness (QED) is 0.575. The van der Waals surface area contributed by atoms with Gasteiger partial charge in [-0.05, 0) is 48.9 Å². The minimum Gasteiger partial charge on any atom is -0.375 e. The summed E-state index contributed by atoms with van der Waals surface area (Å²) in [4.78, 5) is 24.0. The van der Waals surface area contributed by atoms with E-state index in [-0.39, 0.29) is 18.4 Å². The molecule has 0 aliphatic rings. The number of unbranched alkanes of at least 4 members (excludes halogenated alkanes) is 1. The molecule has 2 aromatic rings. The summed E-state index contributed by atoms with van der Waals surface area (Å²) < 4.78 is 0. The summed E-state index contributed by atoms with van der Waals surface area (Å²) >= 11 is 11.9. The van der Waals surface area contributed by atoms with Gasteiger partial charge in [0.2, 0.25) is 5.91 Å². The number of amides is 2. The second-order valence-corrected chi connectivity index (χ2v) is 6.56. The molecule has 138 valence electrons. The highest BCUT2D eigenvalue weighted by Gasteiger charge is 2.07. The highest BCUT2D eigenvalue weighted by atomic mass is 35.5. The van der Waals surface area contributed by atoms with Crippen LogP contribution in [0.25, 0.3) is 0 Å². The van der Waals surface area contributed by atoms with Gasteiger partial charge in [-0.3, -0.25) is 9.59 Å². The Morgan fingerprint density at radius 1 is 1.04 bits per heavy atom. The summed E-state index contributed by atoms with van der Waals surface area (Å²) in [6, 6.07) is 11.8. The summed E-state index contributed by atoms with van der Waals surface area (Å²) in [5.41, 5.74) is 1.81. The molecule has 0 bridgehead atoms. The van der Waals surface area contributed by atoms with E-state index in [1.165, 1.54) is 0 Å². The maximum atomic E-state index is 12.0. The van der Waals surface area contributed by atoms with Crippen LogP contribution in [0.5, 0.6) is 0 Å². The van der Waals surface area contributed by atoms with Crippen LogP contribution in [-0.2, 0) is 4.79 Å². The number of carbonyl (C=O) groups excluding carboxylic acids is 2. The number of benzene rings is 2. The monoisotopic (exact) mass is 393 g/mol. The van der Waals surface area contributed by atoms with Gasteiger partial charge in [0, 0.05) is 22.8 Å². The summed E-state index contributed by atoms with van der Waals surface area (Å²) in [5, 5.41) is 9.54. The van der Waals surface area contributed by atoms with Gasteiger partial charge in [-0.25, -0.2) is 0 Å². The van der Waals surface area contributed by atoms with Crippen LogP contribution >= 0.6 is 23.2 Å². The minimum atomic E-state index is -0.226. The zero-order valence-electron chi connectivity index (χ0n) is 14.4. The Balaban J connectivity index is 1.84. The molecule has 0 atom stereocenters. The van der Waals surface area contributed by atoms with E-state index in [0.29, 0.717) is 33.5 Å². The molecule has 7 heteroatoms. The standard InChI is InChI=1S/C19H21Cl2N3O2/c1-2-3-10-22-19(26)13-4-7-15(8-5-13)24-18(25)12-23-17-9-6-14(20)11-16(17)21/h4-9,11,23H,2-3,10,12H2,1H3,(H,22,26)(H,24,25). The molecule has 26 heavy (non-hydrogen) atoms. The van der Waals surface area contributed by atoms with Crippen molar-refractivity contribution in [2.45, 2.75) is 19.8 Å². The number of nitrogens with one attached hydrogen (secondary N) is 3. The predicted molar refractivity (Wildman–Crippen MR) is 107 cm³/mol. The van der Waals surface area contributed by atoms with Crippen LogP contribution in [-0.4, -0.2) is 24.9 Å². The van der Waals surface area contributed by atoms with Gasteiger partial charge in [-0.1, -0.05) is 36.5 Å². The molecule has 0 saturated carbocycles. The number of carbonyl (C=O) groups is 2. The van der Waals surface area contributed by atoms with Crippen molar-refractivity contribution < 1.29 is 9.59 Å². The van der Waals surface area contributed by atoms with Gasteiger partial charge >= 0.3 is 0 Å². The third-order valence-electron chi connectivity index (χ3n) is 3.62. The third-order valence-corrected chi connectivity index (χ3v) is 4.17. The van der Waals surface area contributed by atoms with Gasteiger partial charge in [-0.15, -0.1) is 0 Å². The van der Waals surface area contributed by atoms with Crippen LogP contribution in [0.15, 0.2) is 42.5 Å². The van der Waals surface area contributed by atoms with E-state index in [0.717, 1.165) is 12.8 Å². The predicted octanol–water partition coefficient (Wildman–Crippen LogP) is 4.57. The van der Waals surface area contributed by atoms with Gasteiger partial charge in [0.1, 0.15) is 0 Å². The summed E-state index contributed by atoms with van der Waals surface area (Å²) in [6.07, 6.45) is 1.98. The summed E-state index contributed by atoms with van der Waals surface area (Å²) in [7, 11) is 0. The number of hydrogen-bond acceptors (Lipinski definition) is 3. The lowest BCUT2D eigenvalue weighted by Crippen LogP contribution is -2.24. The van der Waals surface area contributed by atoms with E-state index in [1.54, 1.807) is 42.5 Å². The van der Waals surface area contributed by atoms with Gasteiger partial charge in [0.25, 0.3) is 5.91 Å². The first-order valence-corrected chi connectivity index (χ1v) is 9.12. The zero-order valence-corrected chi connectivity index (χ0v) is 16.0. The molecular weight excluding hydrogens is 373 g/mol. The van der Waals surface area contributed by atoms with E-state index < -0.39 is 0 Å². The zero-order chi connectivity index (χ0) is 18.9.